The van der Waals surface area contributed by atoms with Crippen molar-refractivity contribution in [3.8, 4) is 0 Å². The monoisotopic (exact) mass is 237 g/mol. The molecular weight excluding hydrogens is 214 g/mol. The van der Waals surface area contributed by atoms with Crippen LogP contribution in [0, 0.1) is 0 Å². The molecule has 0 amide bonds. The van der Waals surface area contributed by atoms with E-state index in [0.717, 1.165) is 50.5 Å². The zero-order valence-corrected chi connectivity index (χ0v) is 10.9. The van der Waals surface area contributed by atoms with Crippen LogP contribution in [0.4, 0.5) is 5.82 Å². The van der Waals surface area contributed by atoms with Crippen LogP contribution in [0.15, 0.2) is 12.4 Å². The van der Waals surface area contributed by atoms with E-state index >= 15 is 0 Å². The minimum Gasteiger partial charge on any atom is -0.380 e. The van der Waals surface area contributed by atoms with Crippen molar-refractivity contribution in [1.29, 1.82) is 0 Å². The average molecular weight is 237 g/mol. The maximum Gasteiger partial charge on any atom is 0.129 e. The molecule has 1 rings (SSSR count). The largest absolute Gasteiger partial charge is 0.380 e. The smallest absolute Gasteiger partial charge is 0.129 e. The van der Waals surface area contributed by atoms with Crippen LogP contribution in [0.25, 0.3) is 0 Å². The topological polar surface area (TPSA) is 47.0 Å². The van der Waals surface area contributed by atoms with Gasteiger partial charge in [0.1, 0.15) is 12.1 Å². The predicted molar refractivity (Wildman–Crippen MR) is 70.2 cm³/mol. The van der Waals surface area contributed by atoms with Gasteiger partial charge in [-0.15, -0.1) is 0 Å². The van der Waals surface area contributed by atoms with Gasteiger partial charge in [0, 0.05) is 24.9 Å². The molecule has 0 fully saturated rings. The molecule has 4 heteroatoms. The third-order valence-corrected chi connectivity index (χ3v) is 2.42. The van der Waals surface area contributed by atoms with Crippen LogP contribution in [0.1, 0.15) is 38.8 Å². The Labute approximate surface area is 104 Å². The van der Waals surface area contributed by atoms with Gasteiger partial charge < -0.3 is 10.1 Å². The molecule has 0 aliphatic carbocycles. The van der Waals surface area contributed by atoms with Gasteiger partial charge in [0.15, 0.2) is 0 Å². The predicted octanol–water partition coefficient (Wildman–Crippen LogP) is 2.66. The van der Waals surface area contributed by atoms with Crippen molar-refractivity contribution in [3.63, 3.8) is 0 Å². The highest BCUT2D eigenvalue weighted by molar-refractivity contribution is 5.34. The molecule has 1 heterocycles. The number of nitrogens with zero attached hydrogens (tertiary/aromatic N) is 2. The van der Waals surface area contributed by atoms with Gasteiger partial charge in [-0.2, -0.15) is 0 Å². The van der Waals surface area contributed by atoms with E-state index in [9.17, 15) is 0 Å². The van der Waals surface area contributed by atoms with Crippen LogP contribution in [0.2, 0.25) is 0 Å². The van der Waals surface area contributed by atoms with Gasteiger partial charge in [-0.25, -0.2) is 9.97 Å². The summed E-state index contributed by atoms with van der Waals surface area (Å²) < 4.78 is 5.47. The maximum absolute atomic E-state index is 5.47. The Morgan fingerprint density at radius 1 is 1.18 bits per heavy atom. The van der Waals surface area contributed by atoms with Crippen molar-refractivity contribution < 1.29 is 4.74 Å². The fraction of sp³-hybridized carbons (Fsp3) is 0.692. The number of aromatic nitrogens is 2. The summed E-state index contributed by atoms with van der Waals surface area (Å²) in [6.07, 6.45) is 6.04. The first kappa shape index (κ1) is 13.9. The summed E-state index contributed by atoms with van der Waals surface area (Å²) in [4.78, 5) is 8.39. The highest BCUT2D eigenvalue weighted by Crippen LogP contribution is 2.05. The zero-order valence-electron chi connectivity index (χ0n) is 10.9. The first-order valence-corrected chi connectivity index (χ1v) is 6.49. The molecule has 17 heavy (non-hydrogen) atoms. The summed E-state index contributed by atoms with van der Waals surface area (Å²) in [5, 5.41) is 3.24. The van der Waals surface area contributed by atoms with Crippen LogP contribution in [0.5, 0.6) is 0 Å². The van der Waals surface area contributed by atoms with Gasteiger partial charge in [0.25, 0.3) is 0 Å². The van der Waals surface area contributed by atoms with Crippen LogP contribution >= 0.6 is 0 Å². The fourth-order valence-corrected chi connectivity index (χ4v) is 1.49. The van der Waals surface area contributed by atoms with Crippen LogP contribution in [-0.4, -0.2) is 29.7 Å². The number of hydrogen-bond donors (Lipinski definition) is 1. The molecule has 0 aliphatic heterocycles. The lowest BCUT2D eigenvalue weighted by molar-refractivity contribution is 0.141. The van der Waals surface area contributed by atoms with Crippen LogP contribution in [0.3, 0.4) is 0 Å². The summed E-state index contributed by atoms with van der Waals surface area (Å²) in [7, 11) is 0. The van der Waals surface area contributed by atoms with Crippen molar-refractivity contribution in [2.75, 3.05) is 25.1 Å². The normalized spacial score (nSPS) is 10.5. The number of anilines is 1. The van der Waals surface area contributed by atoms with E-state index in [1.165, 1.54) is 6.42 Å². The first-order chi connectivity index (χ1) is 8.36. The molecule has 4 nitrogen and oxygen atoms in total. The molecule has 0 bridgehead atoms. The molecular formula is C13H23N3O. The molecule has 0 atom stereocenters. The second-order valence-electron chi connectivity index (χ2n) is 4.04. The van der Waals surface area contributed by atoms with E-state index in [-0.39, 0.29) is 0 Å². The van der Waals surface area contributed by atoms with Gasteiger partial charge in [-0.05, 0) is 12.8 Å². The summed E-state index contributed by atoms with van der Waals surface area (Å²) in [6, 6.07) is 2.01. The summed E-state index contributed by atoms with van der Waals surface area (Å²) in [5.41, 5.74) is 1.09. The van der Waals surface area contributed by atoms with Crippen molar-refractivity contribution in [3.05, 3.63) is 18.1 Å². The maximum atomic E-state index is 5.47. The van der Waals surface area contributed by atoms with E-state index in [0.29, 0.717) is 0 Å². The van der Waals surface area contributed by atoms with Gasteiger partial charge in [-0.3, -0.25) is 0 Å². The van der Waals surface area contributed by atoms with Crippen molar-refractivity contribution in [2.45, 2.75) is 39.5 Å². The van der Waals surface area contributed by atoms with Crippen molar-refractivity contribution >= 4 is 5.82 Å². The van der Waals surface area contributed by atoms with Crippen LogP contribution < -0.4 is 5.32 Å². The van der Waals surface area contributed by atoms with E-state index in [4.69, 9.17) is 4.74 Å². The van der Waals surface area contributed by atoms with E-state index in [2.05, 4.69) is 29.1 Å². The Hall–Kier alpha value is -1.16. The Balaban J connectivity index is 2.19. The second kappa shape index (κ2) is 8.93. The van der Waals surface area contributed by atoms with Crippen LogP contribution in [-0.2, 0) is 11.2 Å². The molecule has 0 aromatic carbocycles. The highest BCUT2D eigenvalue weighted by Gasteiger charge is 1.97. The lowest BCUT2D eigenvalue weighted by atomic mass is 10.2. The third kappa shape index (κ3) is 6.22. The van der Waals surface area contributed by atoms with Crippen molar-refractivity contribution in [1.82, 2.24) is 9.97 Å². The molecule has 0 radical (unpaired) electrons. The van der Waals surface area contributed by atoms with Gasteiger partial charge in [0.05, 0.1) is 6.61 Å². The Kier molecular flexibility index (Phi) is 7.30. The quantitative estimate of drug-likeness (QED) is 0.671. The first-order valence-electron chi connectivity index (χ1n) is 6.49. The number of aryl methyl sites for hydroxylation is 1. The Morgan fingerprint density at radius 3 is 2.82 bits per heavy atom. The lowest BCUT2D eigenvalue weighted by Crippen LogP contribution is -2.11. The molecule has 96 valence electrons. The molecule has 0 spiro atoms. The molecule has 0 aliphatic rings. The van der Waals surface area contributed by atoms with E-state index in [1.54, 1.807) is 6.33 Å². The van der Waals surface area contributed by atoms with Gasteiger partial charge in [-0.1, -0.05) is 26.7 Å². The standard InChI is InChI=1S/C13H23N3O/c1-3-5-8-17-9-7-14-13-10-12(6-4-2)15-11-16-13/h10-11H,3-9H2,1-2H3,(H,14,15,16). The minimum atomic E-state index is 0.729. The molecule has 0 saturated heterocycles. The number of unbranched alkanes of at least 4 members (excludes halogenated alkanes) is 1. The minimum absolute atomic E-state index is 0.729. The number of rotatable bonds is 9. The summed E-state index contributed by atoms with van der Waals surface area (Å²) in [6.45, 7) is 6.69. The Morgan fingerprint density at radius 2 is 2.06 bits per heavy atom. The van der Waals surface area contributed by atoms with Gasteiger partial charge in [0.2, 0.25) is 0 Å². The third-order valence-electron chi connectivity index (χ3n) is 2.42. The second-order valence-corrected chi connectivity index (χ2v) is 4.04. The molecule has 1 aromatic rings. The number of nitrogens with one attached hydrogen (secondary N) is 1. The van der Waals surface area contributed by atoms with Gasteiger partial charge >= 0.3 is 0 Å². The van der Waals surface area contributed by atoms with E-state index < -0.39 is 0 Å². The number of ether oxygens (including phenoxy) is 1. The average Bonchev–Trinajstić information content (AvgIpc) is 2.35. The highest BCUT2D eigenvalue weighted by atomic mass is 16.5. The Bertz CT molecular complexity index is 304. The van der Waals surface area contributed by atoms with Crippen molar-refractivity contribution in [2.24, 2.45) is 0 Å². The SMILES string of the molecule is CCCCOCCNc1cc(CCC)ncn1. The number of hydrogen-bond acceptors (Lipinski definition) is 4. The lowest BCUT2D eigenvalue weighted by Gasteiger charge is -2.07. The molecule has 0 saturated carbocycles. The summed E-state index contributed by atoms with van der Waals surface area (Å²) in [5.74, 6) is 0.891. The van der Waals surface area contributed by atoms with E-state index in [1.807, 2.05) is 6.07 Å². The molecule has 1 N–H and O–H groups in total. The molecule has 0 unspecified atom stereocenters. The zero-order chi connectivity index (χ0) is 12.3. The fourth-order valence-electron chi connectivity index (χ4n) is 1.49. The molecule has 1 aromatic heterocycles. The summed E-state index contributed by atoms with van der Waals surface area (Å²) >= 11 is 0.